The molecule has 6 nitrogen and oxygen atoms in total. The van der Waals surface area contributed by atoms with E-state index in [2.05, 4.69) is 83.0 Å². The summed E-state index contributed by atoms with van der Waals surface area (Å²) in [4.78, 5) is 28.1. The van der Waals surface area contributed by atoms with Gasteiger partial charge in [0.2, 0.25) is 0 Å². The smallest absolute Gasteiger partial charge is 0.323 e. The Labute approximate surface area is 251 Å². The van der Waals surface area contributed by atoms with Crippen molar-refractivity contribution >= 4 is 11.9 Å². The number of ether oxygens (including phenoxy) is 1. The second-order valence-corrected chi connectivity index (χ2v) is 12.9. The van der Waals surface area contributed by atoms with E-state index in [-0.39, 0.29) is 11.9 Å². The van der Waals surface area contributed by atoms with Crippen LogP contribution in [0.1, 0.15) is 70.6 Å². The SMILES string of the molecule is CC(C)C(NCCCC1(C(=O)O)CCN(C(c2ccccc2)(c2ccccc2)c2ccccc2)C1)C(=O)OC(C)(C)C. The van der Waals surface area contributed by atoms with E-state index in [0.29, 0.717) is 38.9 Å². The molecule has 0 radical (unpaired) electrons. The molecule has 0 aliphatic carbocycles. The molecular formula is C36H46N2O4. The second-order valence-electron chi connectivity index (χ2n) is 12.9. The molecule has 2 unspecified atom stereocenters. The van der Waals surface area contributed by atoms with Gasteiger partial charge in [0.1, 0.15) is 11.6 Å². The second kappa shape index (κ2) is 13.2. The maximum Gasteiger partial charge on any atom is 0.323 e. The van der Waals surface area contributed by atoms with Gasteiger partial charge in [-0.25, -0.2) is 0 Å². The Kier molecular flexibility index (Phi) is 9.90. The molecule has 42 heavy (non-hydrogen) atoms. The highest BCUT2D eigenvalue weighted by molar-refractivity contribution is 5.76. The van der Waals surface area contributed by atoms with Gasteiger partial charge in [-0.2, -0.15) is 0 Å². The summed E-state index contributed by atoms with van der Waals surface area (Å²) < 4.78 is 5.63. The third-order valence-corrected chi connectivity index (χ3v) is 8.38. The van der Waals surface area contributed by atoms with Crippen molar-refractivity contribution in [2.75, 3.05) is 19.6 Å². The Hall–Kier alpha value is -3.48. The molecule has 0 bridgehead atoms. The van der Waals surface area contributed by atoms with Crippen LogP contribution in [0.4, 0.5) is 0 Å². The number of carboxylic acids is 1. The van der Waals surface area contributed by atoms with Crippen molar-refractivity contribution in [1.29, 1.82) is 0 Å². The number of hydrogen-bond donors (Lipinski definition) is 2. The average molecular weight is 571 g/mol. The Balaban J connectivity index is 1.61. The minimum Gasteiger partial charge on any atom is -0.481 e. The van der Waals surface area contributed by atoms with Gasteiger partial charge >= 0.3 is 11.9 Å². The first kappa shape index (κ1) is 31.5. The van der Waals surface area contributed by atoms with Crippen LogP contribution in [0.3, 0.4) is 0 Å². The average Bonchev–Trinajstić information content (AvgIpc) is 3.40. The van der Waals surface area contributed by atoms with E-state index in [1.54, 1.807) is 0 Å². The molecule has 1 saturated heterocycles. The van der Waals surface area contributed by atoms with Crippen molar-refractivity contribution in [3.05, 3.63) is 108 Å². The summed E-state index contributed by atoms with van der Waals surface area (Å²) in [6.45, 7) is 11.2. The molecule has 0 spiro atoms. The first-order chi connectivity index (χ1) is 20.0. The predicted octanol–water partition coefficient (Wildman–Crippen LogP) is 6.49. The molecule has 3 aromatic rings. The largest absolute Gasteiger partial charge is 0.481 e. The van der Waals surface area contributed by atoms with E-state index in [1.807, 2.05) is 52.8 Å². The van der Waals surface area contributed by atoms with Crippen molar-refractivity contribution in [3.8, 4) is 0 Å². The summed E-state index contributed by atoms with van der Waals surface area (Å²) in [5.74, 6) is -0.977. The monoisotopic (exact) mass is 570 g/mol. The number of carboxylic acid groups (broad SMARTS) is 1. The van der Waals surface area contributed by atoms with Gasteiger partial charge in [-0.1, -0.05) is 105 Å². The maximum atomic E-state index is 13.0. The lowest BCUT2D eigenvalue weighted by molar-refractivity contribution is -0.159. The zero-order valence-corrected chi connectivity index (χ0v) is 25.7. The number of nitrogens with one attached hydrogen (secondary N) is 1. The summed E-state index contributed by atoms with van der Waals surface area (Å²) in [5.41, 5.74) is 1.24. The van der Waals surface area contributed by atoms with Gasteiger partial charge in [0.25, 0.3) is 0 Å². The fourth-order valence-corrected chi connectivity index (χ4v) is 6.37. The van der Waals surface area contributed by atoms with E-state index in [4.69, 9.17) is 4.74 Å². The van der Waals surface area contributed by atoms with Crippen LogP contribution in [0, 0.1) is 11.3 Å². The fourth-order valence-electron chi connectivity index (χ4n) is 6.37. The molecule has 1 aliphatic heterocycles. The minimum atomic E-state index is -0.898. The van der Waals surface area contributed by atoms with E-state index >= 15 is 0 Å². The highest BCUT2D eigenvalue weighted by Crippen LogP contribution is 2.48. The fraction of sp³-hybridized carbons (Fsp3) is 0.444. The van der Waals surface area contributed by atoms with E-state index < -0.39 is 28.6 Å². The van der Waals surface area contributed by atoms with Crippen molar-refractivity contribution in [3.63, 3.8) is 0 Å². The van der Waals surface area contributed by atoms with Crippen molar-refractivity contribution in [2.45, 2.75) is 71.1 Å². The van der Waals surface area contributed by atoms with Crippen LogP contribution in [-0.2, 0) is 19.9 Å². The lowest BCUT2D eigenvalue weighted by atomic mass is 9.75. The summed E-state index contributed by atoms with van der Waals surface area (Å²) in [5, 5.41) is 14.0. The third-order valence-electron chi connectivity index (χ3n) is 8.38. The normalized spacial score (nSPS) is 18.6. The Bertz CT molecular complexity index is 1210. The zero-order chi connectivity index (χ0) is 30.4. The number of likely N-dealkylation sites (tertiary alicyclic amines) is 1. The first-order valence-electron chi connectivity index (χ1n) is 15.1. The van der Waals surface area contributed by atoms with Crippen LogP contribution in [0.15, 0.2) is 91.0 Å². The Morgan fingerprint density at radius 2 is 1.36 bits per heavy atom. The number of rotatable bonds is 12. The molecule has 2 N–H and O–H groups in total. The quantitative estimate of drug-likeness (QED) is 0.147. The van der Waals surface area contributed by atoms with Gasteiger partial charge < -0.3 is 15.2 Å². The number of benzene rings is 3. The molecule has 224 valence electrons. The minimum absolute atomic E-state index is 0.0542. The zero-order valence-electron chi connectivity index (χ0n) is 25.7. The van der Waals surface area contributed by atoms with Crippen LogP contribution < -0.4 is 5.32 Å². The van der Waals surface area contributed by atoms with Gasteiger partial charge in [-0.05, 0) is 69.2 Å². The number of aliphatic carboxylic acids is 1. The van der Waals surface area contributed by atoms with Gasteiger partial charge in [0.15, 0.2) is 0 Å². The maximum absolute atomic E-state index is 13.0. The number of carbonyl (C=O) groups is 2. The molecule has 4 rings (SSSR count). The summed E-state index contributed by atoms with van der Waals surface area (Å²) in [7, 11) is 0. The molecule has 1 aliphatic rings. The number of nitrogens with zero attached hydrogens (tertiary/aromatic N) is 1. The van der Waals surface area contributed by atoms with Crippen LogP contribution in [0.5, 0.6) is 0 Å². The molecule has 2 atom stereocenters. The van der Waals surface area contributed by atoms with Crippen molar-refractivity contribution in [1.82, 2.24) is 10.2 Å². The molecule has 6 heteroatoms. The first-order valence-corrected chi connectivity index (χ1v) is 15.1. The van der Waals surface area contributed by atoms with Crippen LogP contribution in [0.25, 0.3) is 0 Å². The number of carbonyl (C=O) groups excluding carboxylic acids is 1. The van der Waals surface area contributed by atoms with Gasteiger partial charge in [-0.3, -0.25) is 14.5 Å². The highest BCUT2D eigenvalue weighted by Gasteiger charge is 2.52. The summed E-state index contributed by atoms with van der Waals surface area (Å²) >= 11 is 0. The Morgan fingerprint density at radius 1 is 0.881 bits per heavy atom. The van der Waals surface area contributed by atoms with E-state index in [9.17, 15) is 14.7 Å². The van der Waals surface area contributed by atoms with Gasteiger partial charge in [-0.15, -0.1) is 0 Å². The molecular weight excluding hydrogens is 524 g/mol. The summed E-state index contributed by atoms with van der Waals surface area (Å²) in [6, 6.07) is 30.8. The van der Waals surface area contributed by atoms with E-state index in [0.717, 1.165) is 16.7 Å². The van der Waals surface area contributed by atoms with Gasteiger partial charge in [0.05, 0.1) is 11.0 Å². The topological polar surface area (TPSA) is 78.9 Å². The third kappa shape index (κ3) is 6.77. The van der Waals surface area contributed by atoms with E-state index in [1.165, 1.54) is 0 Å². The van der Waals surface area contributed by atoms with Crippen LogP contribution in [-0.4, -0.2) is 53.2 Å². The predicted molar refractivity (Wildman–Crippen MR) is 167 cm³/mol. The Morgan fingerprint density at radius 3 is 1.76 bits per heavy atom. The molecule has 0 aromatic heterocycles. The standard InChI is InChI=1S/C36H46N2O4/c1-27(2)31(32(39)42-34(3,4)5)37-24-15-22-35(33(40)41)23-25-38(26-35)36(28-16-9-6-10-17-28,29-18-11-7-12-19-29)30-20-13-8-14-21-30/h6-14,16-21,27,31,37H,15,22-26H2,1-5H3,(H,40,41). The highest BCUT2D eigenvalue weighted by atomic mass is 16.6. The van der Waals surface area contributed by atoms with Crippen molar-refractivity contribution in [2.24, 2.45) is 11.3 Å². The lowest BCUT2D eigenvalue weighted by Crippen LogP contribution is -2.49. The molecule has 1 heterocycles. The molecule has 0 saturated carbocycles. The summed E-state index contributed by atoms with van der Waals surface area (Å²) in [6.07, 6.45) is 1.71. The number of esters is 1. The molecule has 3 aromatic carbocycles. The molecule has 0 amide bonds. The van der Waals surface area contributed by atoms with Crippen LogP contribution in [0.2, 0.25) is 0 Å². The lowest BCUT2D eigenvalue weighted by Gasteiger charge is -2.44. The van der Waals surface area contributed by atoms with Gasteiger partial charge in [0, 0.05) is 13.1 Å². The number of hydrogen-bond acceptors (Lipinski definition) is 5. The van der Waals surface area contributed by atoms with Crippen molar-refractivity contribution < 1.29 is 19.4 Å². The molecule has 1 fully saturated rings. The van der Waals surface area contributed by atoms with Crippen LogP contribution >= 0.6 is 0 Å².